The minimum absolute atomic E-state index is 0.0882. The van der Waals surface area contributed by atoms with Crippen LogP contribution in [0.1, 0.15) is 22.0 Å². The van der Waals surface area contributed by atoms with Gasteiger partial charge in [0.1, 0.15) is 0 Å². The number of amides is 1. The standard InChI is InChI=1S/C25H27N3O3S/c1-26-16-17-28(24(19-26)20-10-5-3-6-11-20)25(29)21-12-9-15-23(18-21)32(30,31)27(2)22-13-7-4-8-14-22/h3-15,18,24H,16-17,19H2,1-2H3. The summed E-state index contributed by atoms with van der Waals surface area (Å²) in [5.74, 6) is -0.161. The van der Waals surface area contributed by atoms with Crippen molar-refractivity contribution in [2.24, 2.45) is 0 Å². The molecule has 1 atom stereocenters. The minimum atomic E-state index is -3.80. The van der Waals surface area contributed by atoms with Crippen molar-refractivity contribution in [1.29, 1.82) is 0 Å². The lowest BCUT2D eigenvalue weighted by atomic mass is 10.0. The molecule has 1 aliphatic rings. The molecule has 0 bridgehead atoms. The molecule has 166 valence electrons. The molecule has 7 heteroatoms. The van der Waals surface area contributed by atoms with E-state index in [1.807, 2.05) is 48.3 Å². The summed E-state index contributed by atoms with van der Waals surface area (Å²) >= 11 is 0. The molecular weight excluding hydrogens is 422 g/mol. The molecular formula is C25H27N3O3S. The molecule has 1 saturated heterocycles. The maximum absolute atomic E-state index is 13.5. The number of sulfonamides is 1. The van der Waals surface area contributed by atoms with Crippen LogP contribution in [-0.2, 0) is 10.0 Å². The number of anilines is 1. The Morgan fingerprint density at radius 3 is 2.25 bits per heavy atom. The van der Waals surface area contributed by atoms with Gasteiger partial charge in [-0.2, -0.15) is 0 Å². The van der Waals surface area contributed by atoms with Crippen molar-refractivity contribution in [2.45, 2.75) is 10.9 Å². The zero-order valence-corrected chi connectivity index (χ0v) is 19.1. The molecule has 6 nitrogen and oxygen atoms in total. The van der Waals surface area contributed by atoms with Crippen LogP contribution in [0.4, 0.5) is 5.69 Å². The lowest BCUT2D eigenvalue weighted by molar-refractivity contribution is 0.0498. The molecule has 0 aromatic heterocycles. The van der Waals surface area contributed by atoms with Gasteiger partial charge in [0.05, 0.1) is 16.6 Å². The summed E-state index contributed by atoms with van der Waals surface area (Å²) < 4.78 is 27.6. The third kappa shape index (κ3) is 4.40. The van der Waals surface area contributed by atoms with Gasteiger partial charge in [0.2, 0.25) is 0 Å². The quantitative estimate of drug-likeness (QED) is 0.597. The minimum Gasteiger partial charge on any atom is -0.329 e. The summed E-state index contributed by atoms with van der Waals surface area (Å²) in [6.45, 7) is 2.07. The van der Waals surface area contributed by atoms with Crippen molar-refractivity contribution < 1.29 is 13.2 Å². The van der Waals surface area contributed by atoms with Gasteiger partial charge >= 0.3 is 0 Å². The third-order valence-corrected chi connectivity index (χ3v) is 7.67. The van der Waals surface area contributed by atoms with Crippen LogP contribution in [0.2, 0.25) is 0 Å². The van der Waals surface area contributed by atoms with E-state index in [0.29, 0.717) is 17.8 Å². The zero-order valence-electron chi connectivity index (χ0n) is 18.3. The molecule has 0 aliphatic carbocycles. The van der Waals surface area contributed by atoms with Crippen molar-refractivity contribution >= 4 is 21.6 Å². The number of hydrogen-bond donors (Lipinski definition) is 0. The third-order valence-electron chi connectivity index (χ3n) is 5.89. The topological polar surface area (TPSA) is 60.9 Å². The molecule has 0 N–H and O–H groups in total. The van der Waals surface area contributed by atoms with E-state index in [4.69, 9.17) is 0 Å². The first-order chi connectivity index (χ1) is 15.4. The second-order valence-corrected chi connectivity index (χ2v) is 9.99. The number of carbonyl (C=O) groups is 1. The Bertz CT molecular complexity index is 1180. The van der Waals surface area contributed by atoms with Crippen LogP contribution in [0.3, 0.4) is 0 Å². The molecule has 1 amide bonds. The van der Waals surface area contributed by atoms with E-state index in [1.54, 1.807) is 36.4 Å². The number of hydrogen-bond acceptors (Lipinski definition) is 4. The lowest BCUT2D eigenvalue weighted by Gasteiger charge is -2.40. The molecule has 0 saturated carbocycles. The molecule has 1 aliphatic heterocycles. The summed E-state index contributed by atoms with van der Waals surface area (Å²) in [7, 11) is -0.234. The number of likely N-dealkylation sites (N-methyl/N-ethyl adjacent to an activating group) is 1. The Morgan fingerprint density at radius 2 is 1.56 bits per heavy atom. The van der Waals surface area contributed by atoms with E-state index in [-0.39, 0.29) is 16.8 Å². The van der Waals surface area contributed by atoms with Gasteiger partial charge in [0.15, 0.2) is 0 Å². The number of rotatable bonds is 5. The SMILES string of the molecule is CN1CCN(C(=O)c2cccc(S(=O)(=O)N(C)c3ccccc3)c2)C(c2ccccc2)C1. The van der Waals surface area contributed by atoms with Crippen LogP contribution in [-0.4, -0.2) is 57.9 Å². The monoisotopic (exact) mass is 449 g/mol. The van der Waals surface area contributed by atoms with Gasteiger partial charge in [0.25, 0.3) is 15.9 Å². The highest BCUT2D eigenvalue weighted by Gasteiger charge is 2.31. The van der Waals surface area contributed by atoms with Gasteiger partial charge in [-0.05, 0) is 42.9 Å². The Kier molecular flexibility index (Phi) is 6.30. The van der Waals surface area contributed by atoms with Crippen molar-refractivity contribution in [3.8, 4) is 0 Å². The van der Waals surface area contributed by atoms with Crippen LogP contribution in [0.15, 0.2) is 89.8 Å². The second-order valence-electron chi connectivity index (χ2n) is 8.02. The molecule has 0 spiro atoms. The molecule has 3 aromatic carbocycles. The molecule has 3 aromatic rings. The fourth-order valence-electron chi connectivity index (χ4n) is 4.01. The lowest BCUT2D eigenvalue weighted by Crippen LogP contribution is -2.49. The summed E-state index contributed by atoms with van der Waals surface area (Å²) in [6.07, 6.45) is 0. The molecule has 0 radical (unpaired) electrons. The Labute approximate surface area is 189 Å². The van der Waals surface area contributed by atoms with Crippen LogP contribution < -0.4 is 4.31 Å². The highest BCUT2D eigenvalue weighted by molar-refractivity contribution is 7.92. The molecule has 1 unspecified atom stereocenters. The van der Waals surface area contributed by atoms with Gasteiger partial charge in [-0.25, -0.2) is 8.42 Å². The molecule has 32 heavy (non-hydrogen) atoms. The van der Waals surface area contributed by atoms with E-state index in [2.05, 4.69) is 4.90 Å². The van der Waals surface area contributed by atoms with E-state index in [1.165, 1.54) is 23.5 Å². The van der Waals surface area contributed by atoms with E-state index in [0.717, 1.165) is 18.7 Å². The smallest absolute Gasteiger partial charge is 0.264 e. The van der Waals surface area contributed by atoms with Crippen LogP contribution in [0.25, 0.3) is 0 Å². The Balaban J connectivity index is 1.64. The number of nitrogens with zero attached hydrogens (tertiary/aromatic N) is 3. The van der Waals surface area contributed by atoms with Crippen LogP contribution >= 0.6 is 0 Å². The fraction of sp³-hybridized carbons (Fsp3) is 0.240. The van der Waals surface area contributed by atoms with Gasteiger partial charge in [-0.15, -0.1) is 0 Å². The number of carbonyl (C=O) groups excluding carboxylic acids is 1. The molecule has 1 fully saturated rings. The molecule has 4 rings (SSSR count). The van der Waals surface area contributed by atoms with Gasteiger partial charge in [0, 0.05) is 32.2 Å². The van der Waals surface area contributed by atoms with E-state index in [9.17, 15) is 13.2 Å². The first kappa shape index (κ1) is 22.0. The predicted molar refractivity (Wildman–Crippen MR) is 126 cm³/mol. The van der Waals surface area contributed by atoms with E-state index >= 15 is 0 Å². The van der Waals surface area contributed by atoms with Crippen molar-refractivity contribution in [2.75, 3.05) is 38.0 Å². The number of para-hydroxylation sites is 1. The average molecular weight is 450 g/mol. The first-order valence-electron chi connectivity index (χ1n) is 10.6. The van der Waals surface area contributed by atoms with Crippen LogP contribution in [0.5, 0.6) is 0 Å². The summed E-state index contributed by atoms with van der Waals surface area (Å²) in [4.78, 5) is 17.7. The van der Waals surface area contributed by atoms with Crippen molar-refractivity contribution in [1.82, 2.24) is 9.80 Å². The first-order valence-corrected chi connectivity index (χ1v) is 12.0. The Morgan fingerprint density at radius 1 is 0.906 bits per heavy atom. The predicted octanol–water partition coefficient (Wildman–Crippen LogP) is 3.64. The highest BCUT2D eigenvalue weighted by atomic mass is 32.2. The largest absolute Gasteiger partial charge is 0.329 e. The van der Waals surface area contributed by atoms with Gasteiger partial charge in [-0.3, -0.25) is 9.10 Å². The summed E-state index contributed by atoms with van der Waals surface area (Å²) in [5.41, 5.74) is 2.01. The number of benzene rings is 3. The van der Waals surface area contributed by atoms with Crippen molar-refractivity contribution in [3.05, 3.63) is 96.1 Å². The normalized spacial score (nSPS) is 17.2. The fourth-order valence-corrected chi connectivity index (χ4v) is 5.26. The molecule has 1 heterocycles. The van der Waals surface area contributed by atoms with Gasteiger partial charge < -0.3 is 9.80 Å². The number of piperazine rings is 1. The van der Waals surface area contributed by atoms with E-state index < -0.39 is 10.0 Å². The average Bonchev–Trinajstić information content (AvgIpc) is 2.84. The van der Waals surface area contributed by atoms with Crippen molar-refractivity contribution in [3.63, 3.8) is 0 Å². The summed E-state index contributed by atoms with van der Waals surface area (Å²) in [5, 5.41) is 0. The van der Waals surface area contributed by atoms with Crippen LogP contribution in [0, 0.1) is 0 Å². The second kappa shape index (κ2) is 9.14. The maximum Gasteiger partial charge on any atom is 0.264 e. The van der Waals surface area contributed by atoms with Gasteiger partial charge in [-0.1, -0.05) is 54.6 Å². The maximum atomic E-state index is 13.5. The highest BCUT2D eigenvalue weighted by Crippen LogP contribution is 2.28. The summed E-state index contributed by atoms with van der Waals surface area (Å²) in [6, 6.07) is 25.1. The zero-order chi connectivity index (χ0) is 22.7. The Hall–Kier alpha value is -3.16.